The summed E-state index contributed by atoms with van der Waals surface area (Å²) in [4.78, 5) is 11.7. The Labute approximate surface area is 142 Å². The number of aryl methyl sites for hydroxylation is 1. The number of nitrogens with one attached hydrogen (secondary N) is 2. The summed E-state index contributed by atoms with van der Waals surface area (Å²) < 4.78 is 1.13. The van der Waals surface area contributed by atoms with Crippen molar-refractivity contribution in [2.24, 2.45) is 5.10 Å². The molecule has 0 unspecified atom stereocenters. The van der Waals surface area contributed by atoms with Crippen LogP contribution in [0, 0.1) is 10.5 Å². The molecule has 2 aromatic rings. The number of nitrogens with zero attached hydrogens (tertiary/aromatic N) is 1. The highest BCUT2D eigenvalue weighted by molar-refractivity contribution is 14.1. The second kappa shape index (κ2) is 7.79. The van der Waals surface area contributed by atoms with Crippen LogP contribution in [0.3, 0.4) is 0 Å². The second-order valence-corrected chi connectivity index (χ2v) is 5.96. The van der Waals surface area contributed by atoms with Gasteiger partial charge in [-0.15, -0.1) is 0 Å². The standard InChI is InChI=1S/C16H16IN3O2/c1-11-2-7-15(21)12(8-11)9-19-20-16(22)10-18-14-5-3-13(17)4-6-14/h2-9,18,21H,10H2,1H3,(H,20,22)/b19-9-. The molecule has 5 nitrogen and oxygen atoms in total. The van der Waals surface area contributed by atoms with E-state index in [-0.39, 0.29) is 18.2 Å². The summed E-state index contributed by atoms with van der Waals surface area (Å²) in [6, 6.07) is 12.9. The Morgan fingerprint density at radius 2 is 2.00 bits per heavy atom. The maximum absolute atomic E-state index is 11.7. The molecule has 0 aliphatic heterocycles. The Hall–Kier alpha value is -2.09. The first-order chi connectivity index (χ1) is 10.5. The molecule has 0 spiro atoms. The van der Waals surface area contributed by atoms with Crippen LogP contribution in [-0.4, -0.2) is 23.8 Å². The van der Waals surface area contributed by atoms with Crippen LogP contribution in [0.5, 0.6) is 5.75 Å². The van der Waals surface area contributed by atoms with E-state index in [0.717, 1.165) is 14.8 Å². The van der Waals surface area contributed by atoms with Crippen molar-refractivity contribution in [3.63, 3.8) is 0 Å². The van der Waals surface area contributed by atoms with Crippen molar-refractivity contribution in [2.45, 2.75) is 6.92 Å². The van der Waals surface area contributed by atoms with Crippen LogP contribution in [-0.2, 0) is 4.79 Å². The van der Waals surface area contributed by atoms with E-state index in [1.807, 2.05) is 31.2 Å². The summed E-state index contributed by atoms with van der Waals surface area (Å²) in [5.41, 5.74) is 4.85. The van der Waals surface area contributed by atoms with Crippen LogP contribution in [0.15, 0.2) is 47.6 Å². The van der Waals surface area contributed by atoms with E-state index in [1.54, 1.807) is 18.2 Å². The molecule has 0 bridgehead atoms. The highest BCUT2D eigenvalue weighted by atomic mass is 127. The lowest BCUT2D eigenvalue weighted by Crippen LogP contribution is -2.25. The quantitative estimate of drug-likeness (QED) is 0.404. The lowest BCUT2D eigenvalue weighted by molar-refractivity contribution is -0.119. The molecule has 0 aromatic heterocycles. The van der Waals surface area contributed by atoms with Crippen molar-refractivity contribution in [3.8, 4) is 5.75 Å². The van der Waals surface area contributed by atoms with Gasteiger partial charge in [0.15, 0.2) is 0 Å². The van der Waals surface area contributed by atoms with Crippen molar-refractivity contribution >= 4 is 40.4 Å². The Morgan fingerprint density at radius 3 is 2.73 bits per heavy atom. The van der Waals surface area contributed by atoms with Gasteiger partial charge in [-0.3, -0.25) is 4.79 Å². The number of aromatic hydroxyl groups is 1. The Morgan fingerprint density at radius 1 is 1.27 bits per heavy atom. The molecule has 0 radical (unpaired) electrons. The molecule has 0 atom stereocenters. The van der Waals surface area contributed by atoms with Gasteiger partial charge in [0.05, 0.1) is 12.8 Å². The summed E-state index contributed by atoms with van der Waals surface area (Å²) in [6.45, 7) is 2.04. The highest BCUT2D eigenvalue weighted by Gasteiger charge is 2.01. The second-order valence-electron chi connectivity index (χ2n) is 4.72. The maximum atomic E-state index is 11.7. The van der Waals surface area contributed by atoms with Gasteiger partial charge in [0, 0.05) is 14.8 Å². The minimum absolute atomic E-state index is 0.123. The van der Waals surface area contributed by atoms with E-state index in [4.69, 9.17) is 0 Å². The Bertz CT molecular complexity index is 684. The molecule has 6 heteroatoms. The molecule has 2 rings (SSSR count). The number of hydrazone groups is 1. The van der Waals surface area contributed by atoms with E-state index >= 15 is 0 Å². The first-order valence-electron chi connectivity index (χ1n) is 6.65. The third kappa shape index (κ3) is 5.03. The number of halogens is 1. The fourth-order valence-electron chi connectivity index (χ4n) is 1.74. The normalized spacial score (nSPS) is 10.6. The number of carbonyl (C=O) groups excluding carboxylic acids is 1. The zero-order chi connectivity index (χ0) is 15.9. The first kappa shape index (κ1) is 16.3. The molecule has 0 fully saturated rings. The molecule has 114 valence electrons. The minimum atomic E-state index is -0.262. The Balaban J connectivity index is 1.83. The third-order valence-electron chi connectivity index (χ3n) is 2.87. The smallest absolute Gasteiger partial charge is 0.259 e. The SMILES string of the molecule is Cc1ccc(O)c(/C=N\NC(=O)CNc2ccc(I)cc2)c1. The van der Waals surface area contributed by atoms with Crippen LogP contribution in [0.4, 0.5) is 5.69 Å². The lowest BCUT2D eigenvalue weighted by atomic mass is 10.1. The third-order valence-corrected chi connectivity index (χ3v) is 3.59. The van der Waals surface area contributed by atoms with Gasteiger partial charge in [-0.1, -0.05) is 11.6 Å². The number of amides is 1. The first-order valence-corrected chi connectivity index (χ1v) is 7.73. The van der Waals surface area contributed by atoms with E-state index in [0.29, 0.717) is 5.56 Å². The zero-order valence-corrected chi connectivity index (χ0v) is 14.2. The van der Waals surface area contributed by atoms with Gasteiger partial charge in [-0.25, -0.2) is 5.43 Å². The predicted molar refractivity (Wildman–Crippen MR) is 96.2 cm³/mol. The molecule has 1 amide bonds. The zero-order valence-electron chi connectivity index (χ0n) is 12.0. The van der Waals surface area contributed by atoms with Crippen molar-refractivity contribution in [3.05, 3.63) is 57.2 Å². The number of anilines is 1. The van der Waals surface area contributed by atoms with E-state index in [9.17, 15) is 9.90 Å². The van der Waals surface area contributed by atoms with Crippen molar-refractivity contribution in [1.82, 2.24) is 5.43 Å². The van der Waals surface area contributed by atoms with Gasteiger partial charge in [-0.2, -0.15) is 5.10 Å². The van der Waals surface area contributed by atoms with Crippen LogP contribution in [0.1, 0.15) is 11.1 Å². The molecule has 0 saturated carbocycles. The monoisotopic (exact) mass is 409 g/mol. The van der Waals surface area contributed by atoms with Crippen LogP contribution in [0.25, 0.3) is 0 Å². The fourth-order valence-corrected chi connectivity index (χ4v) is 2.10. The average molecular weight is 409 g/mol. The average Bonchev–Trinajstić information content (AvgIpc) is 2.50. The van der Waals surface area contributed by atoms with E-state index in [2.05, 4.69) is 38.4 Å². The van der Waals surface area contributed by atoms with Gasteiger partial charge in [-0.05, 0) is 65.9 Å². The number of benzene rings is 2. The van der Waals surface area contributed by atoms with Gasteiger partial charge >= 0.3 is 0 Å². The molecule has 0 saturated heterocycles. The van der Waals surface area contributed by atoms with Gasteiger partial charge in [0.1, 0.15) is 5.75 Å². The Kier molecular flexibility index (Phi) is 5.76. The van der Waals surface area contributed by atoms with Gasteiger partial charge in [0.25, 0.3) is 5.91 Å². The van der Waals surface area contributed by atoms with E-state index < -0.39 is 0 Å². The summed E-state index contributed by atoms with van der Waals surface area (Å²) in [5.74, 6) is -0.137. The number of phenolic OH excluding ortho intramolecular Hbond substituents is 1. The summed E-state index contributed by atoms with van der Waals surface area (Å²) in [7, 11) is 0. The predicted octanol–water partition coefficient (Wildman–Crippen LogP) is 2.87. The molecule has 2 aromatic carbocycles. The number of phenols is 1. The minimum Gasteiger partial charge on any atom is -0.507 e. The largest absolute Gasteiger partial charge is 0.507 e. The van der Waals surface area contributed by atoms with Crippen LogP contribution < -0.4 is 10.7 Å². The van der Waals surface area contributed by atoms with E-state index in [1.165, 1.54) is 6.21 Å². The molecular formula is C16H16IN3O2. The molecule has 0 aliphatic carbocycles. The highest BCUT2D eigenvalue weighted by Crippen LogP contribution is 2.15. The summed E-state index contributed by atoms with van der Waals surface area (Å²) in [5, 5.41) is 16.5. The lowest BCUT2D eigenvalue weighted by Gasteiger charge is -2.05. The summed E-state index contributed by atoms with van der Waals surface area (Å²) in [6.07, 6.45) is 1.42. The van der Waals surface area contributed by atoms with Gasteiger partial charge < -0.3 is 10.4 Å². The van der Waals surface area contributed by atoms with Crippen molar-refractivity contribution < 1.29 is 9.90 Å². The number of hydrogen-bond acceptors (Lipinski definition) is 4. The topological polar surface area (TPSA) is 73.7 Å². The van der Waals surface area contributed by atoms with Gasteiger partial charge in [0.2, 0.25) is 0 Å². The van der Waals surface area contributed by atoms with Crippen molar-refractivity contribution in [1.29, 1.82) is 0 Å². The molecule has 0 aliphatic rings. The fraction of sp³-hybridized carbons (Fsp3) is 0.125. The van der Waals surface area contributed by atoms with Crippen molar-refractivity contribution in [2.75, 3.05) is 11.9 Å². The van der Waals surface area contributed by atoms with Crippen LogP contribution in [0.2, 0.25) is 0 Å². The number of carbonyl (C=O) groups is 1. The number of hydrogen-bond donors (Lipinski definition) is 3. The molecular weight excluding hydrogens is 393 g/mol. The molecule has 3 N–H and O–H groups in total. The molecule has 22 heavy (non-hydrogen) atoms. The summed E-state index contributed by atoms with van der Waals surface area (Å²) >= 11 is 2.22. The van der Waals surface area contributed by atoms with Crippen LogP contribution >= 0.6 is 22.6 Å². The molecule has 0 heterocycles. The maximum Gasteiger partial charge on any atom is 0.259 e. The number of rotatable bonds is 5.